The standard InChI is InChI=1S/C9H7ClFN/c1-12-9(6-11)7-3-2-4-8(10)5-7/h2-5,9H,6H2. The monoisotopic (exact) mass is 183 g/mol. The van der Waals surface area contributed by atoms with Crippen molar-refractivity contribution in [1.82, 2.24) is 0 Å². The Labute approximate surface area is 75.6 Å². The fourth-order valence-corrected chi connectivity index (χ4v) is 1.11. The van der Waals surface area contributed by atoms with Crippen molar-refractivity contribution in [2.75, 3.05) is 6.67 Å². The highest BCUT2D eigenvalue weighted by Gasteiger charge is 2.14. The van der Waals surface area contributed by atoms with Crippen LogP contribution in [0.1, 0.15) is 11.6 Å². The lowest BCUT2D eigenvalue weighted by molar-refractivity contribution is 0.465. The molecule has 0 spiro atoms. The van der Waals surface area contributed by atoms with Crippen molar-refractivity contribution in [3.05, 3.63) is 46.3 Å². The van der Waals surface area contributed by atoms with Crippen LogP contribution in [0.5, 0.6) is 0 Å². The molecular weight excluding hydrogens is 177 g/mol. The molecule has 1 rings (SSSR count). The highest BCUT2D eigenvalue weighted by Crippen LogP contribution is 2.20. The highest BCUT2D eigenvalue weighted by molar-refractivity contribution is 6.30. The molecular formula is C9H7ClFN. The van der Waals surface area contributed by atoms with Gasteiger partial charge in [0.2, 0.25) is 0 Å². The molecule has 1 nitrogen and oxygen atoms in total. The van der Waals surface area contributed by atoms with Crippen molar-refractivity contribution in [1.29, 1.82) is 0 Å². The molecule has 0 aliphatic carbocycles. The largest absolute Gasteiger partial charge is 0.306 e. The minimum Gasteiger partial charge on any atom is -0.306 e. The predicted molar refractivity (Wildman–Crippen MR) is 46.8 cm³/mol. The molecule has 12 heavy (non-hydrogen) atoms. The van der Waals surface area contributed by atoms with E-state index in [1.165, 1.54) is 0 Å². The zero-order chi connectivity index (χ0) is 8.97. The van der Waals surface area contributed by atoms with E-state index in [2.05, 4.69) is 4.85 Å². The van der Waals surface area contributed by atoms with Crippen molar-refractivity contribution in [3.8, 4) is 0 Å². The normalized spacial score (nSPS) is 12.1. The molecule has 0 N–H and O–H groups in total. The molecule has 0 bridgehead atoms. The zero-order valence-electron chi connectivity index (χ0n) is 6.30. The summed E-state index contributed by atoms with van der Waals surface area (Å²) in [7, 11) is 0. The second-order valence-electron chi connectivity index (χ2n) is 2.35. The first-order valence-corrected chi connectivity index (χ1v) is 3.83. The maximum atomic E-state index is 12.2. The third-order valence-electron chi connectivity index (χ3n) is 1.54. The predicted octanol–water partition coefficient (Wildman–Crippen LogP) is 3.27. The highest BCUT2D eigenvalue weighted by atomic mass is 35.5. The lowest BCUT2D eigenvalue weighted by Gasteiger charge is -2.00. The first-order valence-electron chi connectivity index (χ1n) is 3.46. The summed E-state index contributed by atoms with van der Waals surface area (Å²) in [5, 5.41) is 0.537. The van der Waals surface area contributed by atoms with Gasteiger partial charge in [-0.2, -0.15) is 0 Å². The molecule has 0 fully saturated rings. The van der Waals surface area contributed by atoms with Gasteiger partial charge in [-0.3, -0.25) is 0 Å². The maximum Gasteiger partial charge on any atom is 0.276 e. The lowest BCUT2D eigenvalue weighted by Crippen LogP contribution is -1.94. The van der Waals surface area contributed by atoms with Gasteiger partial charge in [0.1, 0.15) is 0 Å². The minimum atomic E-state index is -0.705. The molecule has 1 unspecified atom stereocenters. The van der Waals surface area contributed by atoms with Crippen LogP contribution in [-0.4, -0.2) is 6.67 Å². The van der Waals surface area contributed by atoms with Crippen LogP contribution >= 0.6 is 11.6 Å². The van der Waals surface area contributed by atoms with Crippen LogP contribution in [0.2, 0.25) is 5.02 Å². The van der Waals surface area contributed by atoms with Crippen LogP contribution in [-0.2, 0) is 0 Å². The van der Waals surface area contributed by atoms with Gasteiger partial charge in [-0.05, 0) is 12.1 Å². The Kier molecular flexibility index (Phi) is 3.07. The van der Waals surface area contributed by atoms with Crippen LogP contribution in [0.4, 0.5) is 4.39 Å². The number of alkyl halides is 1. The molecule has 3 heteroatoms. The van der Waals surface area contributed by atoms with Crippen LogP contribution in [0, 0.1) is 6.57 Å². The van der Waals surface area contributed by atoms with E-state index in [1.807, 2.05) is 0 Å². The summed E-state index contributed by atoms with van der Waals surface area (Å²) in [5.41, 5.74) is 0.639. The van der Waals surface area contributed by atoms with E-state index in [9.17, 15) is 4.39 Å². The molecule has 0 heterocycles. The lowest BCUT2D eigenvalue weighted by atomic mass is 10.1. The van der Waals surface area contributed by atoms with E-state index in [0.717, 1.165) is 0 Å². The third kappa shape index (κ3) is 1.96. The van der Waals surface area contributed by atoms with Gasteiger partial charge in [-0.15, -0.1) is 0 Å². The maximum absolute atomic E-state index is 12.2. The summed E-state index contributed by atoms with van der Waals surface area (Å²) < 4.78 is 12.2. The second-order valence-corrected chi connectivity index (χ2v) is 2.79. The van der Waals surface area contributed by atoms with Gasteiger partial charge >= 0.3 is 0 Å². The summed E-state index contributed by atoms with van der Waals surface area (Å²) >= 11 is 5.68. The molecule has 0 saturated heterocycles. The Hall–Kier alpha value is -1.07. The van der Waals surface area contributed by atoms with Crippen molar-refractivity contribution < 1.29 is 4.39 Å². The van der Waals surface area contributed by atoms with Gasteiger partial charge in [-0.25, -0.2) is 11.0 Å². The van der Waals surface area contributed by atoms with Crippen molar-refractivity contribution >= 4 is 11.6 Å². The fourth-order valence-electron chi connectivity index (χ4n) is 0.912. The van der Waals surface area contributed by atoms with Gasteiger partial charge in [0, 0.05) is 10.6 Å². The Morgan fingerprint density at radius 2 is 2.33 bits per heavy atom. The van der Waals surface area contributed by atoms with Crippen molar-refractivity contribution in [2.45, 2.75) is 6.04 Å². The second kappa shape index (κ2) is 4.08. The fraction of sp³-hybridized carbons (Fsp3) is 0.222. The minimum absolute atomic E-state index is 0.537. The smallest absolute Gasteiger partial charge is 0.276 e. The first kappa shape index (κ1) is 9.02. The molecule has 0 amide bonds. The van der Waals surface area contributed by atoms with Crippen LogP contribution in [0.3, 0.4) is 0 Å². The Bertz CT molecular complexity index is 306. The van der Waals surface area contributed by atoms with E-state index in [-0.39, 0.29) is 0 Å². The number of halogens is 2. The zero-order valence-corrected chi connectivity index (χ0v) is 7.05. The Balaban J connectivity index is 2.95. The molecule has 0 aromatic heterocycles. The number of hydrogen-bond acceptors (Lipinski definition) is 0. The molecule has 1 atom stereocenters. The number of hydrogen-bond donors (Lipinski definition) is 0. The summed E-state index contributed by atoms with van der Waals surface area (Å²) in [6.07, 6.45) is 0. The van der Waals surface area contributed by atoms with E-state index in [4.69, 9.17) is 18.2 Å². The summed E-state index contributed by atoms with van der Waals surface area (Å²) in [6.45, 7) is 6.05. The Morgan fingerprint density at radius 3 is 2.83 bits per heavy atom. The molecule has 0 aliphatic heterocycles. The molecule has 0 saturated carbocycles. The number of benzene rings is 1. The molecule has 1 aromatic carbocycles. The molecule has 0 aliphatic rings. The summed E-state index contributed by atoms with van der Waals surface area (Å²) in [6, 6.07) is 6.03. The average Bonchev–Trinajstić information content (AvgIpc) is 2.07. The number of rotatable bonds is 2. The molecule has 0 radical (unpaired) electrons. The number of nitrogens with zero attached hydrogens (tertiary/aromatic N) is 1. The van der Waals surface area contributed by atoms with Crippen LogP contribution in [0.25, 0.3) is 4.85 Å². The van der Waals surface area contributed by atoms with Gasteiger partial charge in [0.15, 0.2) is 6.67 Å². The SMILES string of the molecule is [C-]#[N+]C(CF)c1cccc(Cl)c1. The quantitative estimate of drug-likeness (QED) is 0.620. The molecule has 1 aromatic rings. The van der Waals surface area contributed by atoms with Crippen molar-refractivity contribution in [3.63, 3.8) is 0 Å². The first-order chi connectivity index (χ1) is 5.77. The summed E-state index contributed by atoms with van der Waals surface area (Å²) in [5.74, 6) is 0. The van der Waals surface area contributed by atoms with E-state index < -0.39 is 12.7 Å². The molecule has 62 valence electrons. The summed E-state index contributed by atoms with van der Waals surface area (Å²) in [4.78, 5) is 3.13. The van der Waals surface area contributed by atoms with E-state index in [0.29, 0.717) is 10.6 Å². The third-order valence-corrected chi connectivity index (χ3v) is 1.77. The van der Waals surface area contributed by atoms with Gasteiger partial charge in [0.25, 0.3) is 6.04 Å². The van der Waals surface area contributed by atoms with Crippen LogP contribution in [0.15, 0.2) is 24.3 Å². The van der Waals surface area contributed by atoms with Gasteiger partial charge in [-0.1, -0.05) is 23.7 Å². The Morgan fingerprint density at radius 1 is 1.58 bits per heavy atom. The van der Waals surface area contributed by atoms with Crippen molar-refractivity contribution in [2.24, 2.45) is 0 Å². The van der Waals surface area contributed by atoms with E-state index >= 15 is 0 Å². The van der Waals surface area contributed by atoms with Gasteiger partial charge in [0.05, 0.1) is 0 Å². The van der Waals surface area contributed by atoms with Crippen LogP contribution < -0.4 is 0 Å². The topological polar surface area (TPSA) is 4.36 Å². The van der Waals surface area contributed by atoms with Gasteiger partial charge < -0.3 is 4.85 Å². The van der Waals surface area contributed by atoms with E-state index in [1.54, 1.807) is 24.3 Å². The average molecular weight is 184 g/mol.